The van der Waals surface area contributed by atoms with Crippen molar-refractivity contribution in [2.75, 3.05) is 16.3 Å². The molecule has 0 N–H and O–H groups in total. The van der Waals surface area contributed by atoms with Crippen molar-refractivity contribution in [3.8, 4) is 0 Å². The molecule has 1 unspecified atom stereocenters. The molecule has 8 aromatic carbocycles. The van der Waals surface area contributed by atoms with Gasteiger partial charge in [0.25, 0.3) is 35.4 Å². The molecule has 3 aliphatic rings. The normalized spacial score (nSPS) is 15.7. The largest absolute Gasteiger partial charge is 0.274 e. The molecular weight excluding hydrogens is 739 g/mol. The van der Waals surface area contributed by atoms with E-state index in [4.69, 9.17) is 0 Å². The molecular formula is C50H35N3O6. The molecule has 11 rings (SSSR count). The second-order valence-corrected chi connectivity index (χ2v) is 15.9. The minimum Gasteiger partial charge on any atom is -0.274 e. The van der Waals surface area contributed by atoms with E-state index in [9.17, 15) is 28.8 Å². The van der Waals surface area contributed by atoms with Gasteiger partial charge in [0, 0.05) is 56.1 Å². The van der Waals surface area contributed by atoms with Crippen molar-refractivity contribution in [1.29, 1.82) is 0 Å². The Morgan fingerprint density at radius 1 is 0.441 bits per heavy atom. The second kappa shape index (κ2) is 12.6. The van der Waals surface area contributed by atoms with Gasteiger partial charge in [-0.05, 0) is 105 Å². The van der Waals surface area contributed by atoms with Gasteiger partial charge in [0.1, 0.15) is 0 Å². The molecule has 0 saturated carbocycles. The Balaban J connectivity index is 0.969. The summed E-state index contributed by atoms with van der Waals surface area (Å²) >= 11 is 0. The van der Waals surface area contributed by atoms with Gasteiger partial charge in [0.15, 0.2) is 0 Å². The van der Waals surface area contributed by atoms with Crippen molar-refractivity contribution in [1.82, 2.24) is 4.90 Å². The summed E-state index contributed by atoms with van der Waals surface area (Å²) in [5.41, 5.74) is 2.03. The second-order valence-electron chi connectivity index (χ2n) is 15.9. The van der Waals surface area contributed by atoms with E-state index in [1.807, 2.05) is 24.3 Å². The Labute approximate surface area is 337 Å². The van der Waals surface area contributed by atoms with Crippen LogP contribution in [0.3, 0.4) is 0 Å². The molecule has 0 aromatic heterocycles. The minimum atomic E-state index is -0.646. The Morgan fingerprint density at radius 2 is 0.847 bits per heavy atom. The molecule has 0 spiro atoms. The van der Waals surface area contributed by atoms with E-state index in [0.29, 0.717) is 28.4 Å². The lowest BCUT2D eigenvalue weighted by molar-refractivity contribution is 0.0578. The van der Waals surface area contributed by atoms with Crippen LogP contribution >= 0.6 is 0 Å². The summed E-state index contributed by atoms with van der Waals surface area (Å²) in [6, 6.07) is 32.3. The number of unbranched alkanes of at least 4 members (excludes halogenated alkanes) is 1. The number of hydrogen-bond donors (Lipinski definition) is 0. The molecule has 6 amide bonds. The smallest absolute Gasteiger partial charge is 0.265 e. The number of hydrogen-bond acceptors (Lipinski definition) is 6. The van der Waals surface area contributed by atoms with Gasteiger partial charge in [-0.15, -0.1) is 0 Å². The zero-order valence-corrected chi connectivity index (χ0v) is 32.3. The lowest BCUT2D eigenvalue weighted by Gasteiger charge is -2.33. The van der Waals surface area contributed by atoms with Crippen LogP contribution in [0.1, 0.15) is 102 Å². The maximum Gasteiger partial charge on any atom is 0.265 e. The monoisotopic (exact) mass is 773 g/mol. The molecule has 9 nitrogen and oxygen atoms in total. The number of benzene rings is 8. The molecule has 0 radical (unpaired) electrons. The number of carbonyl (C=O) groups is 6. The SMILES string of the molecule is CCCCC(CC)CN1C(=O)c2ccc3c4c(ccc(c24)C1=O)C(=O)N(c1cccc(N2C(=O)c4ccc5c6cccc7cccc(c8ccc(c4c58)C2=O)c76)c1)C3=O. The molecule has 286 valence electrons. The highest BCUT2D eigenvalue weighted by Gasteiger charge is 2.41. The molecule has 3 aliphatic heterocycles. The van der Waals surface area contributed by atoms with Crippen LogP contribution in [0.15, 0.2) is 109 Å². The van der Waals surface area contributed by atoms with E-state index in [-0.39, 0.29) is 44.9 Å². The van der Waals surface area contributed by atoms with Crippen LogP contribution in [0.5, 0.6) is 0 Å². The van der Waals surface area contributed by atoms with Crippen molar-refractivity contribution in [2.24, 2.45) is 5.92 Å². The first-order valence-electron chi connectivity index (χ1n) is 20.2. The molecule has 9 heteroatoms. The quantitative estimate of drug-likeness (QED) is 0.0863. The number of fused-ring (bicyclic) bond motifs is 2. The maximum atomic E-state index is 14.5. The summed E-state index contributed by atoms with van der Waals surface area (Å²) in [5, 5.41) is 8.31. The Bertz CT molecular complexity index is 3100. The summed E-state index contributed by atoms with van der Waals surface area (Å²) in [6.07, 6.45) is 3.75. The average molecular weight is 774 g/mol. The van der Waals surface area contributed by atoms with Crippen molar-refractivity contribution in [3.05, 3.63) is 143 Å². The summed E-state index contributed by atoms with van der Waals surface area (Å²) < 4.78 is 0. The highest BCUT2D eigenvalue weighted by molar-refractivity contribution is 6.43. The van der Waals surface area contributed by atoms with Crippen molar-refractivity contribution < 1.29 is 28.8 Å². The van der Waals surface area contributed by atoms with Crippen molar-refractivity contribution >= 4 is 101 Å². The standard InChI is InChI=1S/C50H35N3O6/c1-3-5-9-26(4-2)25-51-45(54)34-20-22-38-44-39(23-21-35(42(34)44)46(51)55)50(59)53(49(38)58)29-13-8-12-28(24-29)52-47(56)36-18-16-32-30-14-6-10-27-11-7-15-31(40(27)30)33-17-19-37(48(52)57)43(36)41(32)33/h6-8,10-24,26H,3-5,9,25H2,1-2H3. The van der Waals surface area contributed by atoms with Gasteiger partial charge in [-0.3, -0.25) is 33.7 Å². The van der Waals surface area contributed by atoms with Crippen molar-refractivity contribution in [3.63, 3.8) is 0 Å². The number of nitrogens with zero attached hydrogens (tertiary/aromatic N) is 3. The molecule has 1 atom stereocenters. The number of imide groups is 3. The number of carbonyl (C=O) groups excluding carboxylic acids is 6. The average Bonchev–Trinajstić information content (AvgIpc) is 3.26. The zero-order chi connectivity index (χ0) is 40.4. The van der Waals surface area contributed by atoms with Gasteiger partial charge < -0.3 is 0 Å². The van der Waals surface area contributed by atoms with Gasteiger partial charge >= 0.3 is 0 Å². The Hall–Kier alpha value is -7.26. The fourth-order valence-corrected chi connectivity index (χ4v) is 9.93. The van der Waals surface area contributed by atoms with Crippen LogP contribution in [-0.4, -0.2) is 46.9 Å². The first kappa shape index (κ1) is 34.9. The van der Waals surface area contributed by atoms with Crippen LogP contribution in [0.2, 0.25) is 0 Å². The Morgan fingerprint density at radius 3 is 1.31 bits per heavy atom. The van der Waals surface area contributed by atoms with Gasteiger partial charge in [-0.2, -0.15) is 0 Å². The van der Waals surface area contributed by atoms with Gasteiger partial charge in [-0.25, -0.2) is 9.80 Å². The van der Waals surface area contributed by atoms with E-state index in [2.05, 4.69) is 38.1 Å². The highest BCUT2D eigenvalue weighted by Crippen LogP contribution is 2.45. The molecule has 8 aromatic rings. The predicted octanol–water partition coefficient (Wildman–Crippen LogP) is 10.3. The van der Waals surface area contributed by atoms with Gasteiger partial charge in [-0.1, -0.05) is 87.7 Å². The molecule has 0 fully saturated rings. The van der Waals surface area contributed by atoms with E-state index >= 15 is 0 Å². The maximum absolute atomic E-state index is 14.5. The third-order valence-electron chi connectivity index (χ3n) is 12.8. The van der Waals surface area contributed by atoms with E-state index in [0.717, 1.165) is 73.2 Å². The predicted molar refractivity (Wildman–Crippen MR) is 229 cm³/mol. The fourth-order valence-electron chi connectivity index (χ4n) is 9.93. The number of rotatable bonds is 8. The van der Waals surface area contributed by atoms with Gasteiger partial charge in [0.05, 0.1) is 11.4 Å². The van der Waals surface area contributed by atoms with Crippen LogP contribution < -0.4 is 9.80 Å². The lowest BCUT2D eigenvalue weighted by Crippen LogP contribution is -2.45. The topological polar surface area (TPSA) is 112 Å². The summed E-state index contributed by atoms with van der Waals surface area (Å²) in [5.74, 6) is -3.02. The van der Waals surface area contributed by atoms with E-state index < -0.39 is 35.4 Å². The van der Waals surface area contributed by atoms with Crippen LogP contribution in [-0.2, 0) is 0 Å². The molecule has 0 bridgehead atoms. The third-order valence-corrected chi connectivity index (χ3v) is 12.8. The first-order chi connectivity index (χ1) is 28.7. The molecule has 0 saturated heterocycles. The van der Waals surface area contributed by atoms with E-state index in [1.54, 1.807) is 54.6 Å². The zero-order valence-electron chi connectivity index (χ0n) is 32.3. The van der Waals surface area contributed by atoms with Crippen molar-refractivity contribution in [2.45, 2.75) is 39.5 Å². The molecule has 3 heterocycles. The number of anilines is 2. The van der Waals surface area contributed by atoms with E-state index in [1.165, 1.54) is 11.0 Å². The minimum absolute atomic E-state index is 0.161. The Kier molecular flexibility index (Phi) is 7.47. The first-order valence-corrected chi connectivity index (χ1v) is 20.2. The van der Waals surface area contributed by atoms with Crippen LogP contribution in [0.25, 0.3) is 53.9 Å². The summed E-state index contributed by atoms with van der Waals surface area (Å²) in [6.45, 7) is 4.47. The number of amides is 6. The third kappa shape index (κ3) is 4.67. The van der Waals surface area contributed by atoms with Crippen LogP contribution in [0.4, 0.5) is 11.4 Å². The molecule has 0 aliphatic carbocycles. The fraction of sp³-hybridized carbons (Fsp3) is 0.160. The summed E-state index contributed by atoms with van der Waals surface area (Å²) in [4.78, 5) is 89.0. The van der Waals surface area contributed by atoms with Crippen LogP contribution in [0, 0.1) is 5.92 Å². The highest BCUT2D eigenvalue weighted by atomic mass is 16.2. The molecule has 59 heavy (non-hydrogen) atoms. The lowest BCUT2D eigenvalue weighted by atomic mass is 9.84. The summed E-state index contributed by atoms with van der Waals surface area (Å²) in [7, 11) is 0. The van der Waals surface area contributed by atoms with Gasteiger partial charge in [0.2, 0.25) is 0 Å².